The minimum absolute atomic E-state index is 0.209. The lowest BCUT2D eigenvalue weighted by molar-refractivity contribution is 0.637. The normalized spacial score (nSPS) is 11.5. The Hall–Kier alpha value is -2.76. The maximum Gasteiger partial charge on any atom is 0.136 e. The maximum atomic E-state index is 14.1. The summed E-state index contributed by atoms with van der Waals surface area (Å²) in [4.78, 5) is 16.5. The number of aromatic nitrogens is 4. The molecule has 0 aliphatic carbocycles. The molecule has 0 fully saturated rings. The average molecular weight is 268 g/mol. The molecule has 4 rings (SSSR count). The molecule has 0 radical (unpaired) electrons. The Morgan fingerprint density at radius 1 is 0.550 bits per heavy atom. The van der Waals surface area contributed by atoms with Gasteiger partial charge in [0.15, 0.2) is 0 Å². The molecule has 0 aliphatic rings. The van der Waals surface area contributed by atoms with Crippen molar-refractivity contribution < 1.29 is 8.78 Å². The molecule has 0 aliphatic heterocycles. The van der Waals surface area contributed by atoms with E-state index in [-0.39, 0.29) is 32.8 Å². The number of rotatable bonds is 0. The molecule has 96 valence electrons. The summed E-state index contributed by atoms with van der Waals surface area (Å²) < 4.78 is 28.2. The first-order valence-corrected chi connectivity index (χ1v) is 5.88. The summed E-state index contributed by atoms with van der Waals surface area (Å²) in [5, 5.41) is 0.419. The third-order valence-corrected chi connectivity index (χ3v) is 3.20. The lowest BCUT2D eigenvalue weighted by Crippen LogP contribution is -1.95. The zero-order chi connectivity index (χ0) is 13.7. The summed E-state index contributed by atoms with van der Waals surface area (Å²) in [5.41, 5.74) is 1.14. The van der Waals surface area contributed by atoms with E-state index in [1.807, 2.05) is 0 Å². The molecule has 20 heavy (non-hydrogen) atoms. The van der Waals surface area contributed by atoms with Gasteiger partial charge < -0.3 is 0 Å². The molecule has 0 atom stereocenters. The first-order chi connectivity index (χ1) is 9.77. The summed E-state index contributed by atoms with van der Waals surface area (Å²) in [6.07, 6.45) is 5.53. The predicted octanol–water partition coefficient (Wildman–Crippen LogP) is 3.00. The van der Waals surface area contributed by atoms with Crippen molar-refractivity contribution in [3.63, 3.8) is 0 Å². The zero-order valence-corrected chi connectivity index (χ0v) is 10.0. The van der Waals surface area contributed by atoms with E-state index in [0.29, 0.717) is 0 Å². The SMILES string of the molecule is Fc1ccnc2c3nccc(F)c3c3nccnc3c12. The molecular formula is C14H6F2N4. The van der Waals surface area contributed by atoms with E-state index >= 15 is 0 Å². The maximum absolute atomic E-state index is 14.1. The molecular weight excluding hydrogens is 262 g/mol. The molecule has 3 heterocycles. The zero-order valence-electron chi connectivity index (χ0n) is 10.0. The first-order valence-electron chi connectivity index (χ1n) is 5.88. The van der Waals surface area contributed by atoms with E-state index < -0.39 is 11.6 Å². The van der Waals surface area contributed by atoms with Crippen molar-refractivity contribution in [2.24, 2.45) is 0 Å². The van der Waals surface area contributed by atoms with Crippen LogP contribution in [0.15, 0.2) is 36.9 Å². The number of hydrogen-bond acceptors (Lipinski definition) is 4. The molecule has 4 nitrogen and oxygen atoms in total. The molecule has 0 unspecified atom stereocenters. The lowest BCUT2D eigenvalue weighted by Gasteiger charge is -2.08. The highest BCUT2D eigenvalue weighted by Gasteiger charge is 2.17. The van der Waals surface area contributed by atoms with Gasteiger partial charge in [0.05, 0.1) is 10.8 Å². The smallest absolute Gasteiger partial charge is 0.136 e. The van der Waals surface area contributed by atoms with E-state index in [4.69, 9.17) is 0 Å². The number of pyridine rings is 2. The average Bonchev–Trinajstić information content (AvgIpc) is 2.47. The van der Waals surface area contributed by atoms with Crippen LogP contribution in [0.1, 0.15) is 0 Å². The van der Waals surface area contributed by atoms with Crippen molar-refractivity contribution in [2.45, 2.75) is 0 Å². The Morgan fingerprint density at radius 2 is 0.900 bits per heavy atom. The second-order valence-corrected chi connectivity index (χ2v) is 4.29. The molecule has 0 saturated carbocycles. The van der Waals surface area contributed by atoms with Crippen LogP contribution in [0.2, 0.25) is 0 Å². The fraction of sp³-hybridized carbons (Fsp3) is 0. The van der Waals surface area contributed by atoms with Crippen LogP contribution in [-0.2, 0) is 0 Å². The Labute approximate surface area is 111 Å². The topological polar surface area (TPSA) is 51.6 Å². The fourth-order valence-corrected chi connectivity index (χ4v) is 2.39. The Bertz CT molecular complexity index is 865. The molecule has 1 aromatic carbocycles. The number of halogens is 2. The largest absolute Gasteiger partial charge is 0.254 e. The highest BCUT2D eigenvalue weighted by atomic mass is 19.1. The van der Waals surface area contributed by atoms with Crippen LogP contribution >= 0.6 is 0 Å². The molecule has 0 N–H and O–H groups in total. The monoisotopic (exact) mass is 268 g/mol. The van der Waals surface area contributed by atoms with Crippen LogP contribution in [0.4, 0.5) is 8.78 Å². The van der Waals surface area contributed by atoms with Crippen molar-refractivity contribution in [3.05, 3.63) is 48.6 Å². The highest BCUT2D eigenvalue weighted by Crippen LogP contribution is 2.32. The van der Waals surface area contributed by atoms with Crippen molar-refractivity contribution >= 4 is 32.8 Å². The third kappa shape index (κ3) is 1.33. The van der Waals surface area contributed by atoms with E-state index in [1.54, 1.807) is 0 Å². The summed E-state index contributed by atoms with van der Waals surface area (Å²) in [7, 11) is 0. The van der Waals surface area contributed by atoms with Gasteiger partial charge in [-0.1, -0.05) is 0 Å². The minimum Gasteiger partial charge on any atom is -0.254 e. The summed E-state index contributed by atoms with van der Waals surface area (Å²) >= 11 is 0. The predicted molar refractivity (Wildman–Crippen MR) is 70.1 cm³/mol. The second kappa shape index (κ2) is 3.86. The number of nitrogens with zero attached hydrogens (tertiary/aromatic N) is 4. The quantitative estimate of drug-likeness (QED) is 0.460. The van der Waals surface area contributed by atoms with E-state index in [0.717, 1.165) is 0 Å². The van der Waals surface area contributed by atoms with Gasteiger partial charge in [0, 0.05) is 24.8 Å². The lowest BCUT2D eigenvalue weighted by atomic mass is 10.1. The second-order valence-electron chi connectivity index (χ2n) is 4.29. The van der Waals surface area contributed by atoms with E-state index in [9.17, 15) is 8.78 Å². The molecule has 6 heteroatoms. The Kier molecular flexibility index (Phi) is 2.14. The van der Waals surface area contributed by atoms with E-state index in [1.165, 1.54) is 36.9 Å². The van der Waals surface area contributed by atoms with Gasteiger partial charge in [-0.3, -0.25) is 19.9 Å². The standard InChI is InChI=1S/C14H6F2N4/c15-7-1-3-17-11-9(7)13-14(20-6-5-19-13)10-8(16)2-4-18-12(10)11/h1-6H. The fourth-order valence-electron chi connectivity index (χ4n) is 2.39. The number of hydrogen-bond donors (Lipinski definition) is 0. The van der Waals surface area contributed by atoms with Gasteiger partial charge in [-0.25, -0.2) is 8.78 Å². The Balaban J connectivity index is 2.49. The van der Waals surface area contributed by atoms with Gasteiger partial charge in [-0.15, -0.1) is 0 Å². The summed E-state index contributed by atoms with van der Waals surface area (Å²) in [6.45, 7) is 0. The van der Waals surface area contributed by atoms with Gasteiger partial charge >= 0.3 is 0 Å². The first kappa shape index (κ1) is 11.1. The number of fused-ring (bicyclic) bond motifs is 6. The van der Waals surface area contributed by atoms with Crippen LogP contribution in [-0.4, -0.2) is 19.9 Å². The van der Waals surface area contributed by atoms with Crippen LogP contribution in [0.5, 0.6) is 0 Å². The van der Waals surface area contributed by atoms with Crippen molar-refractivity contribution in [1.82, 2.24) is 19.9 Å². The van der Waals surface area contributed by atoms with Crippen LogP contribution in [0.25, 0.3) is 32.8 Å². The third-order valence-electron chi connectivity index (χ3n) is 3.20. The van der Waals surface area contributed by atoms with Crippen LogP contribution in [0.3, 0.4) is 0 Å². The highest BCUT2D eigenvalue weighted by molar-refractivity contribution is 6.20. The van der Waals surface area contributed by atoms with Crippen LogP contribution in [0, 0.1) is 11.6 Å². The molecule has 3 aromatic heterocycles. The molecule has 0 amide bonds. The van der Waals surface area contributed by atoms with Crippen LogP contribution < -0.4 is 0 Å². The molecule has 4 aromatic rings. The van der Waals surface area contributed by atoms with Gasteiger partial charge in [0.25, 0.3) is 0 Å². The van der Waals surface area contributed by atoms with Gasteiger partial charge in [0.2, 0.25) is 0 Å². The van der Waals surface area contributed by atoms with Gasteiger partial charge in [-0.05, 0) is 12.1 Å². The van der Waals surface area contributed by atoms with E-state index in [2.05, 4.69) is 19.9 Å². The van der Waals surface area contributed by atoms with Gasteiger partial charge in [0.1, 0.15) is 33.7 Å². The number of benzene rings is 1. The van der Waals surface area contributed by atoms with Crippen molar-refractivity contribution in [3.8, 4) is 0 Å². The van der Waals surface area contributed by atoms with Gasteiger partial charge in [-0.2, -0.15) is 0 Å². The van der Waals surface area contributed by atoms with Crippen molar-refractivity contribution in [2.75, 3.05) is 0 Å². The molecule has 0 spiro atoms. The minimum atomic E-state index is -0.478. The molecule has 0 saturated heterocycles. The van der Waals surface area contributed by atoms with Crippen molar-refractivity contribution in [1.29, 1.82) is 0 Å². The Morgan fingerprint density at radius 3 is 1.30 bits per heavy atom. The molecule has 0 bridgehead atoms. The summed E-state index contributed by atoms with van der Waals surface area (Å²) in [5.74, 6) is -0.957. The summed E-state index contributed by atoms with van der Waals surface area (Å²) in [6, 6.07) is 2.48.